The van der Waals surface area contributed by atoms with Gasteiger partial charge in [-0.25, -0.2) is 35.9 Å². The van der Waals surface area contributed by atoms with Crippen molar-refractivity contribution in [1.82, 2.24) is 39.8 Å². The van der Waals surface area contributed by atoms with Gasteiger partial charge < -0.3 is 10.3 Å². The molecule has 1 amide bonds. The van der Waals surface area contributed by atoms with Gasteiger partial charge in [-0.2, -0.15) is 19.0 Å². The van der Waals surface area contributed by atoms with Crippen molar-refractivity contribution in [3.05, 3.63) is 87.6 Å². The van der Waals surface area contributed by atoms with Gasteiger partial charge in [-0.05, 0) is 48.6 Å². The van der Waals surface area contributed by atoms with Gasteiger partial charge in [0.05, 0.1) is 45.8 Å². The molecule has 0 spiro atoms. The van der Waals surface area contributed by atoms with Gasteiger partial charge in [0.15, 0.2) is 11.5 Å². The van der Waals surface area contributed by atoms with Crippen molar-refractivity contribution in [2.75, 3.05) is 11.0 Å². The summed E-state index contributed by atoms with van der Waals surface area (Å²) in [5.74, 6) is -8.24. The smallest absolute Gasteiger partial charge is 0.293 e. The van der Waals surface area contributed by atoms with Crippen molar-refractivity contribution in [2.45, 2.75) is 43.7 Å². The molecule has 0 bridgehead atoms. The number of alkyl halides is 4. The second-order valence-corrected chi connectivity index (χ2v) is 15.3. The third kappa shape index (κ3) is 6.04. The number of hydrogen-bond donors (Lipinski definition) is 3. The summed E-state index contributed by atoms with van der Waals surface area (Å²) in [5.41, 5.74) is 0.0291. The van der Waals surface area contributed by atoms with Crippen LogP contribution in [-0.2, 0) is 40.8 Å². The van der Waals surface area contributed by atoms with Crippen LogP contribution in [0, 0.1) is 17.6 Å². The quantitative estimate of drug-likeness (QED) is 0.139. The number of sulfonamides is 1. The number of rotatable bonds is 10. The lowest BCUT2D eigenvalue weighted by Gasteiger charge is -2.23. The minimum Gasteiger partial charge on any atom is -0.346 e. The minimum absolute atomic E-state index is 0.0361. The maximum absolute atomic E-state index is 15.3. The van der Waals surface area contributed by atoms with Crippen molar-refractivity contribution >= 4 is 55.4 Å². The van der Waals surface area contributed by atoms with Crippen LogP contribution in [-0.4, -0.2) is 55.1 Å². The van der Waals surface area contributed by atoms with E-state index in [1.165, 1.54) is 17.1 Å². The second-order valence-electron chi connectivity index (χ2n) is 13.1. The van der Waals surface area contributed by atoms with E-state index in [0.717, 1.165) is 18.4 Å². The monoisotopic (exact) mass is 777 g/mol. The number of fused-ring (bicyclic) bond motifs is 5. The second kappa shape index (κ2) is 12.2. The van der Waals surface area contributed by atoms with Gasteiger partial charge in [-0.3, -0.25) is 18.9 Å². The molecule has 0 radical (unpaired) electrons. The summed E-state index contributed by atoms with van der Waals surface area (Å²) >= 11 is 6.56. The van der Waals surface area contributed by atoms with Crippen molar-refractivity contribution in [3.8, 4) is 11.1 Å². The van der Waals surface area contributed by atoms with E-state index < -0.39 is 75.7 Å². The highest BCUT2D eigenvalue weighted by Crippen LogP contribution is 2.68. The Labute approximate surface area is 300 Å². The molecule has 3 atom stereocenters. The average molecular weight is 778 g/mol. The summed E-state index contributed by atoms with van der Waals surface area (Å²) in [7, 11) is -2.26. The van der Waals surface area contributed by atoms with Gasteiger partial charge >= 0.3 is 0 Å². The molecule has 2 aliphatic rings. The van der Waals surface area contributed by atoms with E-state index in [2.05, 4.69) is 30.2 Å². The predicted molar refractivity (Wildman–Crippen MR) is 180 cm³/mol. The number of amides is 1. The number of pyridine rings is 1. The molecule has 12 nitrogen and oxygen atoms in total. The fraction of sp³-hybridized carbons (Fsp3) is 0.303. The lowest BCUT2D eigenvalue weighted by molar-refractivity contribution is -0.123. The summed E-state index contributed by atoms with van der Waals surface area (Å²) in [6, 6.07) is 6.23. The Bertz CT molecular complexity index is 2590. The molecule has 53 heavy (non-hydrogen) atoms. The molecule has 1 saturated carbocycles. The zero-order valence-corrected chi connectivity index (χ0v) is 29.0. The first-order valence-electron chi connectivity index (χ1n) is 16.0. The van der Waals surface area contributed by atoms with Crippen molar-refractivity contribution in [1.29, 1.82) is 0 Å². The molecule has 1 fully saturated rings. The van der Waals surface area contributed by atoms with Gasteiger partial charge in [-0.1, -0.05) is 17.7 Å². The normalized spacial score (nSPS) is 18.1. The van der Waals surface area contributed by atoms with Gasteiger partial charge in [-0.15, -0.1) is 0 Å². The maximum Gasteiger partial charge on any atom is 0.293 e. The van der Waals surface area contributed by atoms with Gasteiger partial charge in [0.25, 0.3) is 12.3 Å². The zero-order valence-electron chi connectivity index (χ0n) is 27.4. The number of aryl methyl sites for hydroxylation is 1. The van der Waals surface area contributed by atoms with Gasteiger partial charge in [0.2, 0.25) is 15.9 Å². The average Bonchev–Trinajstić information content (AvgIpc) is 3.28. The third-order valence-corrected chi connectivity index (χ3v) is 10.3. The topological polar surface area (TPSA) is 152 Å². The Hall–Kier alpha value is -5.17. The molecule has 2 aromatic carbocycles. The largest absolute Gasteiger partial charge is 0.346 e. The summed E-state index contributed by atoms with van der Waals surface area (Å²) in [6.07, 6.45) is -1.10. The molecule has 3 N–H and O–H groups in total. The van der Waals surface area contributed by atoms with E-state index in [1.807, 2.05) is 0 Å². The molecule has 276 valence electrons. The minimum atomic E-state index is -3.80. The van der Waals surface area contributed by atoms with E-state index in [4.69, 9.17) is 16.6 Å². The summed E-state index contributed by atoms with van der Waals surface area (Å²) in [4.78, 5) is 25.7. The molecule has 4 aromatic heterocycles. The SMILES string of the molecule is Cn1nc(NS(C)(=O)=O)c2c(Cl)ccc(-c3cc4[nH]cnc4nc3[C@H](Cc3cc(F)cc(F)c3)NC(=O)Cn3nc(C(F)F)c4c3C(F)(F)[C@@H]3C[C@H]43)c21. The number of nitrogens with zero attached hydrogens (tertiary/aromatic N) is 6. The Morgan fingerprint density at radius 1 is 1.09 bits per heavy atom. The zero-order chi connectivity index (χ0) is 37.7. The van der Waals surface area contributed by atoms with Crippen molar-refractivity contribution < 1.29 is 39.6 Å². The van der Waals surface area contributed by atoms with Gasteiger partial charge in [0.1, 0.15) is 29.6 Å². The Morgan fingerprint density at radius 2 is 1.83 bits per heavy atom. The molecular formula is C33H26ClF6N9O3S. The Morgan fingerprint density at radius 3 is 2.53 bits per heavy atom. The highest BCUT2D eigenvalue weighted by atomic mass is 35.5. The standard InChI is InChI=1S/C33H26ClF6N9O3S/c1-48-28-16(3-4-20(34)25(28)32(46-48)47-53(2,51)52)17-10-22-31(42-12-41-22)44-26(17)21(7-13-5-14(35)8-15(36)6-13)43-23(50)11-49-29-24(27(45-49)30(37)38)18-9-19(18)33(29,39)40/h3-6,8,10,12,18-19,21,30H,7,9,11H2,1-2H3,(H,43,50)(H,46,47)(H,41,42,44)/t18-,19+,21-/m0/s1. The number of halogens is 7. The number of anilines is 1. The number of carbonyl (C=O) groups excluding carboxylic acids is 1. The molecule has 20 heteroatoms. The third-order valence-electron chi connectivity index (χ3n) is 9.44. The number of imidazole rings is 1. The summed E-state index contributed by atoms with van der Waals surface area (Å²) < 4.78 is 116. The number of hydrogen-bond acceptors (Lipinski definition) is 7. The number of carbonyl (C=O) groups is 1. The van der Waals surface area contributed by atoms with E-state index >= 15 is 8.78 Å². The van der Waals surface area contributed by atoms with Gasteiger partial charge in [0, 0.05) is 35.7 Å². The van der Waals surface area contributed by atoms with Crippen LogP contribution in [0.2, 0.25) is 5.02 Å². The molecule has 6 aromatic rings. The molecule has 0 unspecified atom stereocenters. The number of aromatic nitrogens is 7. The van der Waals surface area contributed by atoms with Crippen LogP contribution in [0.3, 0.4) is 0 Å². The first kappa shape index (κ1) is 34.9. The van der Waals surface area contributed by atoms with E-state index in [0.29, 0.717) is 32.9 Å². The highest BCUT2D eigenvalue weighted by molar-refractivity contribution is 7.92. The lowest BCUT2D eigenvalue weighted by atomic mass is 9.94. The fourth-order valence-electron chi connectivity index (χ4n) is 7.34. The van der Waals surface area contributed by atoms with Crippen molar-refractivity contribution in [3.63, 3.8) is 0 Å². The molecule has 0 saturated heterocycles. The van der Waals surface area contributed by atoms with E-state index in [9.17, 15) is 30.8 Å². The molecule has 8 rings (SSSR count). The molecule has 2 aliphatic carbocycles. The Kier molecular flexibility index (Phi) is 8.02. The molecular weight excluding hydrogens is 752 g/mol. The number of aromatic amines is 1. The van der Waals surface area contributed by atoms with Crippen LogP contribution in [0.1, 0.15) is 53.0 Å². The first-order valence-corrected chi connectivity index (χ1v) is 18.3. The lowest BCUT2D eigenvalue weighted by Crippen LogP contribution is -2.35. The molecule has 4 heterocycles. The van der Waals surface area contributed by atoms with Crippen LogP contribution in [0.15, 0.2) is 42.7 Å². The van der Waals surface area contributed by atoms with E-state index in [-0.39, 0.29) is 51.5 Å². The van der Waals surface area contributed by atoms with Crippen LogP contribution >= 0.6 is 11.6 Å². The van der Waals surface area contributed by atoms with Crippen LogP contribution in [0.25, 0.3) is 33.2 Å². The number of nitrogens with one attached hydrogen (secondary N) is 3. The number of benzene rings is 2. The first-order chi connectivity index (χ1) is 25.0. The molecule has 0 aliphatic heterocycles. The van der Waals surface area contributed by atoms with Crippen molar-refractivity contribution in [2.24, 2.45) is 13.0 Å². The predicted octanol–water partition coefficient (Wildman–Crippen LogP) is 6.26. The van der Waals surface area contributed by atoms with Crippen LogP contribution in [0.4, 0.5) is 32.2 Å². The summed E-state index contributed by atoms with van der Waals surface area (Å²) in [5, 5.41) is 11.1. The summed E-state index contributed by atoms with van der Waals surface area (Å²) in [6.45, 7) is -0.883. The van der Waals surface area contributed by atoms with E-state index in [1.54, 1.807) is 19.2 Å². The fourth-order valence-corrected chi connectivity index (χ4v) is 8.08. The number of H-pyrrole nitrogens is 1. The highest BCUT2D eigenvalue weighted by Gasteiger charge is 2.67. The Balaban J connectivity index is 1.26. The maximum atomic E-state index is 15.3. The van der Waals surface area contributed by atoms with Crippen LogP contribution < -0.4 is 10.0 Å². The van der Waals surface area contributed by atoms with Crippen LogP contribution in [0.5, 0.6) is 0 Å².